The van der Waals surface area contributed by atoms with Gasteiger partial charge in [-0.25, -0.2) is 0 Å². The maximum Gasteiger partial charge on any atom is 0.223 e. The lowest BCUT2D eigenvalue weighted by Gasteiger charge is -2.11. The predicted molar refractivity (Wildman–Crippen MR) is 55.8 cm³/mol. The topological polar surface area (TPSA) is 29.1 Å². The smallest absolute Gasteiger partial charge is 0.223 e. The van der Waals surface area contributed by atoms with Gasteiger partial charge in [-0.2, -0.15) is 0 Å². The van der Waals surface area contributed by atoms with E-state index in [-0.39, 0.29) is 11.8 Å². The molecule has 1 aliphatic heterocycles. The molecular formula is C12H15NO. The number of carbonyl (C=O) groups is 1. The first-order valence-corrected chi connectivity index (χ1v) is 5.09. The predicted octanol–water partition coefficient (Wildman–Crippen LogP) is 1.61. The fourth-order valence-corrected chi connectivity index (χ4v) is 1.96. The molecule has 2 nitrogen and oxygen atoms in total. The molecule has 2 rings (SSSR count). The number of amides is 1. The Morgan fingerprint density at radius 2 is 2.07 bits per heavy atom. The van der Waals surface area contributed by atoms with Crippen LogP contribution in [-0.4, -0.2) is 12.5 Å². The summed E-state index contributed by atoms with van der Waals surface area (Å²) >= 11 is 0. The van der Waals surface area contributed by atoms with Crippen LogP contribution < -0.4 is 5.32 Å². The molecule has 1 N–H and O–H groups in total. The molecule has 1 aromatic carbocycles. The molecule has 2 atom stereocenters. The molecule has 74 valence electrons. The second-order valence-corrected chi connectivity index (χ2v) is 4.02. The lowest BCUT2D eigenvalue weighted by Crippen LogP contribution is -2.21. The summed E-state index contributed by atoms with van der Waals surface area (Å²) in [5, 5.41) is 2.90. The Balaban J connectivity index is 2.07. The van der Waals surface area contributed by atoms with Gasteiger partial charge in [0.1, 0.15) is 0 Å². The largest absolute Gasteiger partial charge is 0.356 e. The van der Waals surface area contributed by atoms with Crippen molar-refractivity contribution in [3.63, 3.8) is 0 Å². The van der Waals surface area contributed by atoms with Crippen molar-refractivity contribution in [2.45, 2.75) is 13.3 Å². The molecule has 2 heteroatoms. The molecule has 1 amide bonds. The molecule has 1 aromatic rings. The highest BCUT2D eigenvalue weighted by Crippen LogP contribution is 2.21. The molecule has 1 aliphatic rings. The summed E-state index contributed by atoms with van der Waals surface area (Å²) in [5.74, 6) is 0.835. The summed E-state index contributed by atoms with van der Waals surface area (Å²) in [4.78, 5) is 11.5. The van der Waals surface area contributed by atoms with Crippen LogP contribution in [0.15, 0.2) is 30.3 Å². The zero-order chi connectivity index (χ0) is 9.97. The highest BCUT2D eigenvalue weighted by Gasteiger charge is 2.30. The van der Waals surface area contributed by atoms with Gasteiger partial charge in [-0.3, -0.25) is 4.79 Å². The van der Waals surface area contributed by atoms with Crippen LogP contribution in [0.3, 0.4) is 0 Å². The fraction of sp³-hybridized carbons (Fsp3) is 0.417. The number of hydrogen-bond donors (Lipinski definition) is 1. The summed E-state index contributed by atoms with van der Waals surface area (Å²) in [6, 6.07) is 10.2. The summed E-state index contributed by atoms with van der Waals surface area (Å²) in [6.45, 7) is 2.96. The monoisotopic (exact) mass is 189 g/mol. The van der Waals surface area contributed by atoms with E-state index in [9.17, 15) is 4.79 Å². The van der Waals surface area contributed by atoms with Crippen molar-refractivity contribution < 1.29 is 4.79 Å². The molecule has 14 heavy (non-hydrogen) atoms. The van der Waals surface area contributed by atoms with Crippen molar-refractivity contribution in [3.05, 3.63) is 35.9 Å². The summed E-state index contributed by atoms with van der Waals surface area (Å²) in [7, 11) is 0. The van der Waals surface area contributed by atoms with E-state index in [2.05, 4.69) is 24.4 Å². The standard InChI is InChI=1S/C12H15NO/c1-9-8-13-12(14)11(9)7-10-5-3-2-4-6-10/h2-6,9,11H,7-8H2,1H3,(H,13,14)/t9?,11-/m0/s1. The lowest BCUT2D eigenvalue weighted by atomic mass is 9.91. The van der Waals surface area contributed by atoms with E-state index in [0.29, 0.717) is 5.92 Å². The first kappa shape index (κ1) is 9.25. The van der Waals surface area contributed by atoms with Crippen LogP contribution in [0, 0.1) is 11.8 Å². The molecule has 0 aliphatic carbocycles. The van der Waals surface area contributed by atoms with E-state index < -0.39 is 0 Å². The van der Waals surface area contributed by atoms with Crippen molar-refractivity contribution in [1.29, 1.82) is 0 Å². The van der Waals surface area contributed by atoms with Crippen molar-refractivity contribution in [1.82, 2.24) is 5.32 Å². The molecule has 0 spiro atoms. The minimum Gasteiger partial charge on any atom is -0.356 e. The van der Waals surface area contributed by atoms with E-state index in [1.165, 1.54) is 5.56 Å². The highest BCUT2D eigenvalue weighted by molar-refractivity contribution is 5.81. The summed E-state index contributed by atoms with van der Waals surface area (Å²) < 4.78 is 0. The minimum atomic E-state index is 0.164. The number of hydrogen-bond acceptors (Lipinski definition) is 1. The maximum absolute atomic E-state index is 11.5. The zero-order valence-electron chi connectivity index (χ0n) is 8.36. The molecule has 1 fully saturated rings. The molecule has 0 saturated carbocycles. The van der Waals surface area contributed by atoms with E-state index in [4.69, 9.17) is 0 Å². The third-order valence-corrected chi connectivity index (χ3v) is 2.92. The van der Waals surface area contributed by atoms with Crippen molar-refractivity contribution in [3.8, 4) is 0 Å². The van der Waals surface area contributed by atoms with E-state index >= 15 is 0 Å². The molecule has 1 unspecified atom stereocenters. The molecule has 1 heterocycles. The van der Waals surface area contributed by atoms with Gasteiger partial charge in [0.05, 0.1) is 0 Å². The lowest BCUT2D eigenvalue weighted by molar-refractivity contribution is -0.122. The third-order valence-electron chi connectivity index (χ3n) is 2.92. The zero-order valence-corrected chi connectivity index (χ0v) is 8.36. The van der Waals surface area contributed by atoms with Gasteiger partial charge >= 0.3 is 0 Å². The Kier molecular flexibility index (Phi) is 2.53. The first-order valence-electron chi connectivity index (χ1n) is 5.09. The Bertz CT molecular complexity index is 320. The normalized spacial score (nSPS) is 26.2. The third kappa shape index (κ3) is 1.79. The number of rotatable bonds is 2. The average Bonchev–Trinajstić information content (AvgIpc) is 2.51. The fourth-order valence-electron chi connectivity index (χ4n) is 1.96. The Hall–Kier alpha value is -1.31. The summed E-state index contributed by atoms with van der Waals surface area (Å²) in [5.41, 5.74) is 1.25. The molecule has 0 aromatic heterocycles. The Labute approximate surface area is 84.3 Å². The molecule has 1 saturated heterocycles. The Morgan fingerprint density at radius 3 is 2.64 bits per heavy atom. The van der Waals surface area contributed by atoms with Gasteiger partial charge in [0.15, 0.2) is 0 Å². The second kappa shape index (κ2) is 3.82. The average molecular weight is 189 g/mol. The van der Waals surface area contributed by atoms with Crippen LogP contribution in [0.25, 0.3) is 0 Å². The SMILES string of the molecule is CC1CNC(=O)[C@H]1Cc1ccccc1. The Morgan fingerprint density at radius 1 is 1.36 bits per heavy atom. The first-order chi connectivity index (χ1) is 6.77. The van der Waals surface area contributed by atoms with Crippen LogP contribution in [0.5, 0.6) is 0 Å². The van der Waals surface area contributed by atoms with Gasteiger partial charge in [0, 0.05) is 12.5 Å². The van der Waals surface area contributed by atoms with Gasteiger partial charge in [0.2, 0.25) is 5.91 Å². The maximum atomic E-state index is 11.5. The molecular weight excluding hydrogens is 174 g/mol. The molecule has 0 bridgehead atoms. The van der Waals surface area contributed by atoms with Crippen LogP contribution in [0.1, 0.15) is 12.5 Å². The van der Waals surface area contributed by atoms with Gasteiger partial charge < -0.3 is 5.32 Å². The van der Waals surface area contributed by atoms with Crippen LogP contribution in [-0.2, 0) is 11.2 Å². The van der Waals surface area contributed by atoms with Crippen molar-refractivity contribution in [2.24, 2.45) is 11.8 Å². The van der Waals surface area contributed by atoms with E-state index in [1.807, 2.05) is 18.2 Å². The van der Waals surface area contributed by atoms with Gasteiger partial charge in [-0.15, -0.1) is 0 Å². The van der Waals surface area contributed by atoms with E-state index in [1.54, 1.807) is 0 Å². The van der Waals surface area contributed by atoms with Gasteiger partial charge in [-0.05, 0) is 17.9 Å². The second-order valence-electron chi connectivity index (χ2n) is 4.02. The number of carbonyl (C=O) groups excluding carboxylic acids is 1. The quantitative estimate of drug-likeness (QED) is 0.752. The van der Waals surface area contributed by atoms with Crippen LogP contribution >= 0.6 is 0 Å². The number of nitrogens with one attached hydrogen (secondary N) is 1. The number of benzene rings is 1. The van der Waals surface area contributed by atoms with Crippen molar-refractivity contribution >= 4 is 5.91 Å². The summed E-state index contributed by atoms with van der Waals surface area (Å²) in [6.07, 6.45) is 0.869. The highest BCUT2D eigenvalue weighted by atomic mass is 16.2. The minimum absolute atomic E-state index is 0.164. The van der Waals surface area contributed by atoms with Crippen molar-refractivity contribution in [2.75, 3.05) is 6.54 Å². The van der Waals surface area contributed by atoms with Gasteiger partial charge in [0.25, 0.3) is 0 Å². The van der Waals surface area contributed by atoms with Crippen LogP contribution in [0.4, 0.5) is 0 Å². The van der Waals surface area contributed by atoms with Gasteiger partial charge in [-0.1, -0.05) is 37.3 Å². The van der Waals surface area contributed by atoms with E-state index in [0.717, 1.165) is 13.0 Å². The van der Waals surface area contributed by atoms with Crippen LogP contribution in [0.2, 0.25) is 0 Å². The molecule has 0 radical (unpaired) electrons.